The molecule has 0 fully saturated rings. The highest BCUT2D eigenvalue weighted by molar-refractivity contribution is 8.02. The lowest BCUT2D eigenvalue weighted by atomic mass is 10.4. The lowest BCUT2D eigenvalue weighted by molar-refractivity contribution is -0.432. The maximum atomic E-state index is 8.81. The summed E-state index contributed by atoms with van der Waals surface area (Å²) in [7, 11) is 0. The molecule has 0 aromatic carbocycles. The third-order valence-electron chi connectivity index (χ3n) is 1.97. The molecule has 2 aromatic rings. The Morgan fingerprint density at radius 1 is 1.50 bits per heavy atom. The van der Waals surface area contributed by atoms with Gasteiger partial charge in [0.15, 0.2) is 4.34 Å². The number of nitrogens with two attached hydrogens (primary N) is 1. The van der Waals surface area contributed by atoms with Crippen LogP contribution in [0.2, 0.25) is 0 Å². The summed E-state index contributed by atoms with van der Waals surface area (Å²) in [5.41, 5.74) is 6.06. The Morgan fingerprint density at radius 3 is 3.05 bits per heavy atom. The minimum atomic E-state index is 0.240. The molecule has 0 amide bonds. The van der Waals surface area contributed by atoms with Gasteiger partial charge >= 0.3 is 0 Å². The summed E-state index contributed by atoms with van der Waals surface area (Å²) in [4.78, 5) is 0. The van der Waals surface area contributed by atoms with Crippen LogP contribution in [0.15, 0.2) is 10.5 Å². The molecule has 12 heteroatoms. The number of aromatic nitrogens is 4. The fourth-order valence-corrected chi connectivity index (χ4v) is 3.41. The number of hydrogen-bond donors (Lipinski definition) is 2. The maximum Gasteiger partial charge on any atom is 0.235 e. The summed E-state index contributed by atoms with van der Waals surface area (Å²) in [6.07, 6.45) is 1.38. The molecule has 0 aliphatic heterocycles. The molecule has 0 spiro atoms. The zero-order valence-corrected chi connectivity index (χ0v) is 12.2. The quantitative estimate of drug-likeness (QED) is 0.251. The minimum absolute atomic E-state index is 0.240. The van der Waals surface area contributed by atoms with Gasteiger partial charge in [-0.25, -0.2) is 5.26 Å². The highest BCUT2D eigenvalue weighted by Crippen LogP contribution is 2.27. The van der Waals surface area contributed by atoms with Gasteiger partial charge in [-0.15, -0.1) is 14.5 Å². The van der Waals surface area contributed by atoms with E-state index in [9.17, 15) is 0 Å². The third-order valence-corrected chi connectivity index (χ3v) is 4.79. The van der Waals surface area contributed by atoms with Gasteiger partial charge in [0.2, 0.25) is 5.13 Å². The highest BCUT2D eigenvalue weighted by Gasteiger charge is 2.13. The van der Waals surface area contributed by atoms with E-state index in [2.05, 4.69) is 24.7 Å². The van der Waals surface area contributed by atoms with E-state index in [0.717, 1.165) is 16.4 Å². The van der Waals surface area contributed by atoms with E-state index in [-0.39, 0.29) is 5.82 Å². The SMILES string of the molecule is N#Cc1cnn(-c2nnc(SCCSOOO)s2)c1N. The number of rotatable bonds is 7. The Morgan fingerprint density at radius 2 is 2.35 bits per heavy atom. The van der Waals surface area contributed by atoms with Crippen molar-refractivity contribution in [3.8, 4) is 11.2 Å². The van der Waals surface area contributed by atoms with Crippen molar-refractivity contribution in [1.29, 1.82) is 5.26 Å². The van der Waals surface area contributed by atoms with E-state index in [1.807, 2.05) is 6.07 Å². The van der Waals surface area contributed by atoms with Crippen LogP contribution in [0, 0.1) is 11.3 Å². The fourth-order valence-electron chi connectivity index (χ4n) is 1.16. The van der Waals surface area contributed by atoms with Gasteiger partial charge in [-0.1, -0.05) is 28.1 Å². The van der Waals surface area contributed by atoms with Crippen LogP contribution in [-0.2, 0) is 9.37 Å². The highest BCUT2D eigenvalue weighted by atomic mass is 32.2. The van der Waals surface area contributed by atoms with Crippen molar-refractivity contribution < 1.29 is 14.6 Å². The fraction of sp³-hybridized carbons (Fsp3) is 0.250. The average Bonchev–Trinajstić information content (AvgIpc) is 3.05. The summed E-state index contributed by atoms with van der Waals surface area (Å²) in [6, 6.07) is 1.94. The van der Waals surface area contributed by atoms with Crippen molar-refractivity contribution in [2.45, 2.75) is 4.34 Å². The molecule has 106 valence electrons. The monoisotopic (exact) mass is 332 g/mol. The van der Waals surface area contributed by atoms with Crippen molar-refractivity contribution in [2.75, 3.05) is 17.2 Å². The molecule has 0 bridgehead atoms. The van der Waals surface area contributed by atoms with Crippen LogP contribution in [0.25, 0.3) is 5.13 Å². The number of nitrogen functional groups attached to an aromatic ring is 1. The van der Waals surface area contributed by atoms with E-state index in [4.69, 9.17) is 16.3 Å². The Labute approximate surface area is 125 Å². The normalized spacial score (nSPS) is 10.6. The van der Waals surface area contributed by atoms with Gasteiger partial charge < -0.3 is 5.73 Å². The van der Waals surface area contributed by atoms with Crippen LogP contribution in [0.1, 0.15) is 5.56 Å². The average molecular weight is 332 g/mol. The van der Waals surface area contributed by atoms with E-state index in [0.29, 0.717) is 22.2 Å². The summed E-state index contributed by atoms with van der Waals surface area (Å²) in [5.74, 6) is 1.54. The van der Waals surface area contributed by atoms with Crippen molar-refractivity contribution in [1.82, 2.24) is 20.0 Å². The van der Waals surface area contributed by atoms with Gasteiger partial charge in [-0.3, -0.25) is 0 Å². The smallest absolute Gasteiger partial charge is 0.235 e. The molecule has 9 nitrogen and oxygen atoms in total. The molecule has 0 unspecified atom stereocenters. The molecule has 0 atom stereocenters. The molecule has 0 radical (unpaired) electrons. The largest absolute Gasteiger partial charge is 0.382 e. The first-order valence-electron chi connectivity index (χ1n) is 5.06. The van der Waals surface area contributed by atoms with E-state index < -0.39 is 0 Å². The number of thioether (sulfide) groups is 1. The molecule has 0 aliphatic rings. The molecule has 2 aromatic heterocycles. The Kier molecular flexibility index (Phi) is 5.59. The van der Waals surface area contributed by atoms with E-state index in [1.165, 1.54) is 34.0 Å². The van der Waals surface area contributed by atoms with Crippen LogP contribution in [0.3, 0.4) is 0 Å². The second-order valence-electron chi connectivity index (χ2n) is 3.13. The molecule has 2 heterocycles. The predicted octanol–water partition coefficient (Wildman–Crippen LogP) is 1.34. The Hall–Kier alpha value is -1.36. The first-order valence-corrected chi connectivity index (χ1v) is 7.77. The minimum Gasteiger partial charge on any atom is -0.382 e. The predicted molar refractivity (Wildman–Crippen MR) is 74.1 cm³/mol. The summed E-state index contributed by atoms with van der Waals surface area (Å²) < 4.78 is 6.35. The lowest BCUT2D eigenvalue weighted by Gasteiger charge is -1.96. The summed E-state index contributed by atoms with van der Waals surface area (Å²) in [6.45, 7) is 0. The Bertz CT molecular complexity index is 609. The molecule has 0 saturated heterocycles. The van der Waals surface area contributed by atoms with E-state index in [1.54, 1.807) is 0 Å². The number of nitriles is 1. The molecule has 0 aliphatic carbocycles. The standard InChI is InChI=1S/C8H8N6O3S3/c9-3-5-4-11-14(6(5)10)7-12-13-8(20-7)18-1-2-19-17-16-15/h4,15H,1-2,10H2. The summed E-state index contributed by atoms with van der Waals surface area (Å²) >= 11 is 3.75. The van der Waals surface area contributed by atoms with Crippen molar-refractivity contribution >= 4 is 41.0 Å². The Balaban J connectivity index is 1.95. The van der Waals surface area contributed by atoms with Gasteiger partial charge in [-0.05, 0) is 0 Å². The van der Waals surface area contributed by atoms with Crippen molar-refractivity contribution in [3.05, 3.63) is 11.8 Å². The molecule has 2 rings (SSSR count). The molecule has 3 N–H and O–H groups in total. The molecule has 0 saturated carbocycles. The lowest BCUT2D eigenvalue weighted by Crippen LogP contribution is -2.01. The zero-order chi connectivity index (χ0) is 14.4. The molecule has 20 heavy (non-hydrogen) atoms. The van der Waals surface area contributed by atoms with Gasteiger partial charge in [0.05, 0.1) is 6.20 Å². The second-order valence-corrected chi connectivity index (χ2v) is 6.21. The topological polar surface area (TPSA) is 132 Å². The van der Waals surface area contributed by atoms with Crippen molar-refractivity contribution in [2.24, 2.45) is 0 Å². The van der Waals surface area contributed by atoms with E-state index >= 15 is 0 Å². The van der Waals surface area contributed by atoms with Gasteiger partial charge in [-0.2, -0.15) is 15.0 Å². The van der Waals surface area contributed by atoms with Crippen LogP contribution < -0.4 is 5.73 Å². The number of anilines is 1. The van der Waals surface area contributed by atoms with Gasteiger partial charge in [0, 0.05) is 23.5 Å². The third kappa shape index (κ3) is 3.60. The first-order chi connectivity index (χ1) is 9.76. The zero-order valence-electron chi connectivity index (χ0n) is 9.79. The van der Waals surface area contributed by atoms with Crippen LogP contribution in [0.5, 0.6) is 0 Å². The number of nitrogens with zero attached hydrogens (tertiary/aromatic N) is 5. The van der Waals surface area contributed by atoms with Crippen LogP contribution >= 0.6 is 35.1 Å². The molecular formula is C8H8N6O3S3. The van der Waals surface area contributed by atoms with Gasteiger partial charge in [0.1, 0.15) is 17.5 Å². The molecular weight excluding hydrogens is 324 g/mol. The first kappa shape index (κ1) is 15.0. The summed E-state index contributed by atoms with van der Waals surface area (Å²) in [5, 5.41) is 32.7. The van der Waals surface area contributed by atoms with Crippen molar-refractivity contribution in [3.63, 3.8) is 0 Å². The second kappa shape index (κ2) is 7.43. The van der Waals surface area contributed by atoms with Crippen LogP contribution in [-0.4, -0.2) is 36.7 Å². The van der Waals surface area contributed by atoms with Crippen LogP contribution in [0.4, 0.5) is 5.82 Å². The van der Waals surface area contributed by atoms with Gasteiger partial charge in [0.25, 0.3) is 0 Å². The maximum absolute atomic E-state index is 8.81. The number of hydrogen-bond acceptors (Lipinski definition) is 11.